The lowest BCUT2D eigenvalue weighted by molar-refractivity contribution is -0.118. The minimum absolute atomic E-state index is 0.0337. The summed E-state index contributed by atoms with van der Waals surface area (Å²) in [6.07, 6.45) is 7.32. The first-order valence-corrected chi connectivity index (χ1v) is 6.14. The first-order valence-electron chi connectivity index (χ1n) is 6.14. The highest BCUT2D eigenvalue weighted by molar-refractivity contribution is 5.87. The van der Waals surface area contributed by atoms with Gasteiger partial charge in [0.1, 0.15) is 0 Å². The topological polar surface area (TPSA) is 84.2 Å². The van der Waals surface area contributed by atoms with E-state index in [1.165, 1.54) is 0 Å². The molecule has 4 N–H and O–H groups in total. The highest BCUT2D eigenvalue weighted by atomic mass is 16.1. The van der Waals surface area contributed by atoms with E-state index in [9.17, 15) is 9.59 Å². The van der Waals surface area contributed by atoms with Gasteiger partial charge < -0.3 is 16.4 Å². The van der Waals surface area contributed by atoms with Gasteiger partial charge >= 0.3 is 0 Å². The standard InChI is InChI=1S/C12H21N3O2/c13-11(16)5-3-1-2-4-6-12(17)15-10-7-8-14-9-10/h4,6,10,14H,1-3,5,7-9H2,(H2,13,16)(H,15,17). The fraction of sp³-hybridized carbons (Fsp3) is 0.667. The molecule has 0 aliphatic carbocycles. The summed E-state index contributed by atoms with van der Waals surface area (Å²) in [5.74, 6) is -0.297. The van der Waals surface area contributed by atoms with Crippen molar-refractivity contribution in [2.45, 2.75) is 38.1 Å². The van der Waals surface area contributed by atoms with Crippen LogP contribution in [0.25, 0.3) is 0 Å². The molecule has 0 saturated carbocycles. The number of unbranched alkanes of at least 4 members (excludes halogenated alkanes) is 2. The summed E-state index contributed by atoms with van der Waals surface area (Å²) < 4.78 is 0. The number of amides is 2. The van der Waals surface area contributed by atoms with Crippen LogP contribution in [0, 0.1) is 0 Å². The van der Waals surface area contributed by atoms with Gasteiger partial charge in [-0.15, -0.1) is 0 Å². The van der Waals surface area contributed by atoms with Gasteiger partial charge in [-0.3, -0.25) is 9.59 Å². The number of hydrogen-bond donors (Lipinski definition) is 3. The van der Waals surface area contributed by atoms with Crippen LogP contribution in [-0.4, -0.2) is 30.9 Å². The van der Waals surface area contributed by atoms with Crippen LogP contribution < -0.4 is 16.4 Å². The third-order valence-electron chi connectivity index (χ3n) is 2.72. The molecule has 5 heteroatoms. The van der Waals surface area contributed by atoms with Gasteiger partial charge in [0.2, 0.25) is 11.8 Å². The summed E-state index contributed by atoms with van der Waals surface area (Å²) in [6.45, 7) is 1.83. The van der Waals surface area contributed by atoms with E-state index >= 15 is 0 Å². The van der Waals surface area contributed by atoms with Crippen molar-refractivity contribution in [3.05, 3.63) is 12.2 Å². The van der Waals surface area contributed by atoms with Gasteiger partial charge in [-0.25, -0.2) is 0 Å². The van der Waals surface area contributed by atoms with Crippen LogP contribution in [0.5, 0.6) is 0 Å². The van der Waals surface area contributed by atoms with Crippen molar-refractivity contribution in [2.24, 2.45) is 5.73 Å². The molecular weight excluding hydrogens is 218 g/mol. The van der Waals surface area contributed by atoms with Crippen molar-refractivity contribution in [1.82, 2.24) is 10.6 Å². The summed E-state index contributed by atoms with van der Waals surface area (Å²) >= 11 is 0. The van der Waals surface area contributed by atoms with Gasteiger partial charge in [0.05, 0.1) is 0 Å². The first kappa shape index (κ1) is 13.7. The molecule has 0 aromatic rings. The van der Waals surface area contributed by atoms with Crippen LogP contribution >= 0.6 is 0 Å². The molecule has 0 spiro atoms. The van der Waals surface area contributed by atoms with Gasteiger partial charge in [0.15, 0.2) is 0 Å². The normalized spacial score (nSPS) is 19.6. The van der Waals surface area contributed by atoms with Crippen molar-refractivity contribution in [3.63, 3.8) is 0 Å². The predicted octanol–water partition coefficient (Wildman–Crippen LogP) is 0.0664. The van der Waals surface area contributed by atoms with Gasteiger partial charge in [-0.05, 0) is 38.3 Å². The number of carbonyl (C=O) groups excluding carboxylic acids is 2. The summed E-state index contributed by atoms with van der Waals surface area (Å²) in [5, 5.41) is 6.12. The van der Waals surface area contributed by atoms with Gasteiger partial charge in [-0.2, -0.15) is 0 Å². The molecule has 1 atom stereocenters. The molecule has 1 aliphatic rings. The summed E-state index contributed by atoms with van der Waals surface area (Å²) in [7, 11) is 0. The SMILES string of the molecule is NC(=O)CCCCC=CC(=O)NC1CCNC1. The van der Waals surface area contributed by atoms with Crippen molar-refractivity contribution >= 4 is 11.8 Å². The van der Waals surface area contributed by atoms with E-state index in [0.29, 0.717) is 6.42 Å². The molecule has 1 heterocycles. The molecule has 17 heavy (non-hydrogen) atoms. The van der Waals surface area contributed by atoms with E-state index in [2.05, 4.69) is 10.6 Å². The monoisotopic (exact) mass is 239 g/mol. The zero-order valence-corrected chi connectivity index (χ0v) is 10.1. The molecule has 1 unspecified atom stereocenters. The van der Waals surface area contributed by atoms with Crippen LogP contribution in [-0.2, 0) is 9.59 Å². The Bertz CT molecular complexity index is 283. The van der Waals surface area contributed by atoms with Crippen LogP contribution in [0.2, 0.25) is 0 Å². The molecule has 1 fully saturated rings. The number of rotatable bonds is 7. The second-order valence-electron chi connectivity index (χ2n) is 4.31. The fourth-order valence-electron chi connectivity index (χ4n) is 1.78. The van der Waals surface area contributed by atoms with Gasteiger partial charge in [0, 0.05) is 19.0 Å². The molecule has 96 valence electrons. The van der Waals surface area contributed by atoms with E-state index in [-0.39, 0.29) is 17.9 Å². The van der Waals surface area contributed by atoms with E-state index in [0.717, 1.165) is 38.8 Å². The highest BCUT2D eigenvalue weighted by Crippen LogP contribution is 2.00. The lowest BCUT2D eigenvalue weighted by Crippen LogP contribution is -2.35. The maximum Gasteiger partial charge on any atom is 0.243 e. The molecular formula is C12H21N3O2. The van der Waals surface area contributed by atoms with Crippen molar-refractivity contribution < 1.29 is 9.59 Å². The van der Waals surface area contributed by atoms with Crippen LogP contribution in [0.3, 0.4) is 0 Å². The number of carbonyl (C=O) groups is 2. The fourth-order valence-corrected chi connectivity index (χ4v) is 1.78. The Hall–Kier alpha value is -1.36. The minimum atomic E-state index is -0.263. The zero-order valence-electron chi connectivity index (χ0n) is 10.1. The van der Waals surface area contributed by atoms with E-state index in [4.69, 9.17) is 5.73 Å². The van der Waals surface area contributed by atoms with Crippen molar-refractivity contribution in [1.29, 1.82) is 0 Å². The molecule has 5 nitrogen and oxygen atoms in total. The second kappa shape index (κ2) is 7.84. The molecule has 1 aliphatic heterocycles. The average molecular weight is 239 g/mol. The first-order chi connectivity index (χ1) is 8.18. The predicted molar refractivity (Wildman–Crippen MR) is 66.2 cm³/mol. The molecule has 0 radical (unpaired) electrons. The molecule has 2 amide bonds. The van der Waals surface area contributed by atoms with Crippen molar-refractivity contribution in [2.75, 3.05) is 13.1 Å². The summed E-state index contributed by atoms with van der Waals surface area (Å²) in [6, 6.07) is 0.266. The Morgan fingerprint density at radius 3 is 2.88 bits per heavy atom. The summed E-state index contributed by atoms with van der Waals surface area (Å²) in [5.41, 5.74) is 5.02. The lowest BCUT2D eigenvalue weighted by atomic mass is 10.2. The van der Waals surface area contributed by atoms with E-state index in [1.807, 2.05) is 6.08 Å². The number of allylic oxidation sites excluding steroid dienone is 1. The number of nitrogens with two attached hydrogens (primary N) is 1. The quantitative estimate of drug-likeness (QED) is 0.434. The van der Waals surface area contributed by atoms with Crippen molar-refractivity contribution in [3.8, 4) is 0 Å². The van der Waals surface area contributed by atoms with Crippen LogP contribution in [0.4, 0.5) is 0 Å². The van der Waals surface area contributed by atoms with Crippen LogP contribution in [0.15, 0.2) is 12.2 Å². The average Bonchev–Trinajstić information content (AvgIpc) is 2.75. The van der Waals surface area contributed by atoms with Gasteiger partial charge in [-0.1, -0.05) is 6.08 Å². The van der Waals surface area contributed by atoms with Crippen LogP contribution in [0.1, 0.15) is 32.1 Å². The Morgan fingerprint density at radius 2 is 2.24 bits per heavy atom. The number of hydrogen-bond acceptors (Lipinski definition) is 3. The third kappa shape index (κ3) is 6.73. The smallest absolute Gasteiger partial charge is 0.243 e. The highest BCUT2D eigenvalue weighted by Gasteiger charge is 2.14. The molecule has 0 aromatic carbocycles. The molecule has 0 bridgehead atoms. The minimum Gasteiger partial charge on any atom is -0.370 e. The van der Waals surface area contributed by atoms with E-state index < -0.39 is 0 Å². The lowest BCUT2D eigenvalue weighted by Gasteiger charge is -2.08. The Kier molecular flexibility index (Phi) is 6.32. The number of nitrogens with one attached hydrogen (secondary N) is 2. The molecule has 0 aromatic heterocycles. The van der Waals surface area contributed by atoms with E-state index in [1.54, 1.807) is 6.08 Å². The third-order valence-corrected chi connectivity index (χ3v) is 2.72. The molecule has 1 saturated heterocycles. The number of primary amides is 1. The second-order valence-corrected chi connectivity index (χ2v) is 4.31. The zero-order chi connectivity index (χ0) is 12.5. The van der Waals surface area contributed by atoms with Gasteiger partial charge in [0.25, 0.3) is 0 Å². The maximum atomic E-state index is 11.4. The Balaban J connectivity index is 2.02. The summed E-state index contributed by atoms with van der Waals surface area (Å²) in [4.78, 5) is 21.9. The largest absolute Gasteiger partial charge is 0.370 e. The molecule has 1 rings (SSSR count). The maximum absolute atomic E-state index is 11.4. The Labute approximate surface area is 102 Å². The Morgan fingerprint density at radius 1 is 1.41 bits per heavy atom.